The highest BCUT2D eigenvalue weighted by Gasteiger charge is 2.24. The standard InChI is InChI=1S/C19H19NO2S/c1-3-19(21)20-14-9-7-13-8-10-18(17(13)11-14)22-15-5-4-6-16(12-15)23-2/h3-7,9,11-12,18H,1,8,10H2,2H3,(H,20,21). The Bertz CT molecular complexity index is 742. The van der Waals surface area contributed by atoms with Crippen molar-refractivity contribution in [3.63, 3.8) is 0 Å². The number of benzene rings is 2. The number of nitrogens with one attached hydrogen (secondary N) is 1. The van der Waals surface area contributed by atoms with E-state index in [9.17, 15) is 4.79 Å². The van der Waals surface area contributed by atoms with Crippen LogP contribution in [0.25, 0.3) is 0 Å². The summed E-state index contributed by atoms with van der Waals surface area (Å²) < 4.78 is 6.18. The summed E-state index contributed by atoms with van der Waals surface area (Å²) >= 11 is 1.70. The van der Waals surface area contributed by atoms with Crippen LogP contribution in [-0.2, 0) is 11.2 Å². The van der Waals surface area contributed by atoms with Gasteiger partial charge in [0.05, 0.1) is 0 Å². The summed E-state index contributed by atoms with van der Waals surface area (Å²) in [6, 6.07) is 14.1. The van der Waals surface area contributed by atoms with E-state index in [2.05, 4.69) is 36.4 Å². The normalized spacial score (nSPS) is 15.8. The maximum atomic E-state index is 11.5. The van der Waals surface area contributed by atoms with Gasteiger partial charge >= 0.3 is 0 Å². The predicted molar refractivity (Wildman–Crippen MR) is 95.2 cm³/mol. The van der Waals surface area contributed by atoms with Gasteiger partial charge in [0, 0.05) is 10.6 Å². The average Bonchev–Trinajstić information content (AvgIpc) is 2.97. The van der Waals surface area contributed by atoms with E-state index in [1.54, 1.807) is 11.8 Å². The fourth-order valence-corrected chi connectivity index (χ4v) is 3.25. The van der Waals surface area contributed by atoms with E-state index in [0.29, 0.717) is 0 Å². The maximum absolute atomic E-state index is 11.5. The third-order valence-corrected chi connectivity index (χ3v) is 4.67. The van der Waals surface area contributed by atoms with Gasteiger partial charge in [-0.3, -0.25) is 4.79 Å². The molecular weight excluding hydrogens is 306 g/mol. The number of carbonyl (C=O) groups excluding carboxylic acids is 1. The minimum Gasteiger partial charge on any atom is -0.486 e. The lowest BCUT2D eigenvalue weighted by Crippen LogP contribution is -2.09. The van der Waals surface area contributed by atoms with E-state index in [1.165, 1.54) is 16.5 Å². The topological polar surface area (TPSA) is 38.3 Å². The van der Waals surface area contributed by atoms with Gasteiger partial charge in [-0.1, -0.05) is 18.7 Å². The van der Waals surface area contributed by atoms with Gasteiger partial charge in [0.1, 0.15) is 11.9 Å². The molecule has 3 nitrogen and oxygen atoms in total. The van der Waals surface area contributed by atoms with Crippen LogP contribution in [0.3, 0.4) is 0 Å². The van der Waals surface area contributed by atoms with Crippen LogP contribution in [0.4, 0.5) is 5.69 Å². The highest BCUT2D eigenvalue weighted by Crippen LogP contribution is 2.37. The molecule has 0 bridgehead atoms. The number of ether oxygens (including phenoxy) is 1. The summed E-state index contributed by atoms with van der Waals surface area (Å²) in [4.78, 5) is 12.6. The van der Waals surface area contributed by atoms with Crippen LogP contribution >= 0.6 is 11.8 Å². The summed E-state index contributed by atoms with van der Waals surface area (Å²) in [7, 11) is 0. The van der Waals surface area contributed by atoms with Gasteiger partial charge in [0.25, 0.3) is 0 Å². The van der Waals surface area contributed by atoms with Crippen molar-refractivity contribution in [3.05, 3.63) is 66.2 Å². The Morgan fingerprint density at radius 2 is 2.22 bits per heavy atom. The number of aryl methyl sites for hydroxylation is 1. The fraction of sp³-hybridized carbons (Fsp3) is 0.211. The molecule has 1 aliphatic carbocycles. The molecule has 0 radical (unpaired) electrons. The second kappa shape index (κ2) is 6.92. The van der Waals surface area contributed by atoms with Crippen molar-refractivity contribution in [2.75, 3.05) is 11.6 Å². The van der Waals surface area contributed by atoms with E-state index in [1.807, 2.05) is 24.3 Å². The molecule has 1 amide bonds. The molecule has 118 valence electrons. The average molecular weight is 325 g/mol. The molecule has 0 aromatic heterocycles. The Kier molecular flexibility index (Phi) is 4.72. The van der Waals surface area contributed by atoms with Crippen LogP contribution in [0.15, 0.2) is 60.0 Å². The number of hydrogen-bond acceptors (Lipinski definition) is 3. The number of amides is 1. The van der Waals surface area contributed by atoms with E-state index < -0.39 is 0 Å². The van der Waals surface area contributed by atoms with Gasteiger partial charge in [-0.2, -0.15) is 0 Å². The molecule has 0 saturated carbocycles. The molecule has 0 spiro atoms. The quantitative estimate of drug-likeness (QED) is 0.645. The first-order valence-electron chi connectivity index (χ1n) is 7.56. The number of carbonyl (C=O) groups is 1. The van der Waals surface area contributed by atoms with Crippen molar-refractivity contribution in [3.8, 4) is 5.75 Å². The highest BCUT2D eigenvalue weighted by molar-refractivity contribution is 7.98. The molecule has 1 atom stereocenters. The Balaban J connectivity index is 1.80. The molecule has 1 aliphatic rings. The Morgan fingerprint density at radius 3 is 3.00 bits per heavy atom. The maximum Gasteiger partial charge on any atom is 0.247 e. The number of thioether (sulfide) groups is 1. The van der Waals surface area contributed by atoms with Crippen molar-refractivity contribution in [2.45, 2.75) is 23.8 Å². The van der Waals surface area contributed by atoms with Gasteiger partial charge < -0.3 is 10.1 Å². The molecule has 23 heavy (non-hydrogen) atoms. The second-order valence-electron chi connectivity index (χ2n) is 5.43. The molecule has 1 unspecified atom stereocenters. The molecule has 3 rings (SSSR count). The number of hydrogen-bond donors (Lipinski definition) is 1. The highest BCUT2D eigenvalue weighted by atomic mass is 32.2. The summed E-state index contributed by atoms with van der Waals surface area (Å²) in [5.74, 6) is 0.684. The number of rotatable bonds is 5. The van der Waals surface area contributed by atoms with Crippen LogP contribution in [0, 0.1) is 0 Å². The van der Waals surface area contributed by atoms with Crippen LogP contribution in [0.1, 0.15) is 23.7 Å². The fourth-order valence-electron chi connectivity index (χ4n) is 2.80. The Hall–Kier alpha value is -2.20. The van der Waals surface area contributed by atoms with Crippen LogP contribution in [0.5, 0.6) is 5.75 Å². The zero-order valence-electron chi connectivity index (χ0n) is 13.0. The third kappa shape index (κ3) is 3.59. The molecule has 0 heterocycles. The van der Waals surface area contributed by atoms with Crippen molar-refractivity contribution in [1.29, 1.82) is 0 Å². The first kappa shape index (κ1) is 15.7. The van der Waals surface area contributed by atoms with Gasteiger partial charge in [-0.05, 0) is 66.6 Å². The summed E-state index contributed by atoms with van der Waals surface area (Å²) in [6.07, 6.45) is 5.31. The van der Waals surface area contributed by atoms with Crippen LogP contribution < -0.4 is 10.1 Å². The predicted octanol–water partition coefficient (Wildman–Crippen LogP) is 4.60. The lowest BCUT2D eigenvalue weighted by atomic mass is 10.1. The Labute approximate surface area is 140 Å². The second-order valence-corrected chi connectivity index (χ2v) is 6.31. The van der Waals surface area contributed by atoms with E-state index in [0.717, 1.165) is 29.8 Å². The molecule has 0 saturated heterocycles. The van der Waals surface area contributed by atoms with E-state index in [-0.39, 0.29) is 12.0 Å². The molecular formula is C19H19NO2S. The number of anilines is 1. The smallest absolute Gasteiger partial charge is 0.247 e. The molecule has 4 heteroatoms. The molecule has 0 fully saturated rings. The Morgan fingerprint density at radius 1 is 1.35 bits per heavy atom. The molecule has 2 aromatic carbocycles. The third-order valence-electron chi connectivity index (χ3n) is 3.94. The molecule has 2 aromatic rings. The van der Waals surface area contributed by atoms with E-state index in [4.69, 9.17) is 4.74 Å². The first-order chi connectivity index (χ1) is 11.2. The molecule has 0 aliphatic heterocycles. The minimum atomic E-state index is -0.201. The van der Waals surface area contributed by atoms with Gasteiger partial charge in [-0.25, -0.2) is 0 Å². The lowest BCUT2D eigenvalue weighted by Gasteiger charge is -2.16. The van der Waals surface area contributed by atoms with Crippen molar-refractivity contribution >= 4 is 23.4 Å². The van der Waals surface area contributed by atoms with Gasteiger partial charge in [0.2, 0.25) is 5.91 Å². The van der Waals surface area contributed by atoms with Crippen molar-refractivity contribution in [1.82, 2.24) is 0 Å². The van der Waals surface area contributed by atoms with Crippen molar-refractivity contribution < 1.29 is 9.53 Å². The van der Waals surface area contributed by atoms with Gasteiger partial charge in [0.15, 0.2) is 0 Å². The minimum absolute atomic E-state index is 0.0303. The summed E-state index contributed by atoms with van der Waals surface area (Å²) in [5.41, 5.74) is 3.22. The van der Waals surface area contributed by atoms with E-state index >= 15 is 0 Å². The van der Waals surface area contributed by atoms with Gasteiger partial charge in [-0.15, -0.1) is 11.8 Å². The van der Waals surface area contributed by atoms with Crippen LogP contribution in [-0.4, -0.2) is 12.2 Å². The monoisotopic (exact) mass is 325 g/mol. The first-order valence-corrected chi connectivity index (χ1v) is 8.79. The molecule has 1 N–H and O–H groups in total. The van der Waals surface area contributed by atoms with Crippen LogP contribution in [0.2, 0.25) is 0 Å². The zero-order chi connectivity index (χ0) is 16.2. The number of fused-ring (bicyclic) bond motifs is 1. The zero-order valence-corrected chi connectivity index (χ0v) is 13.9. The van der Waals surface area contributed by atoms with Crippen molar-refractivity contribution in [2.24, 2.45) is 0 Å². The lowest BCUT2D eigenvalue weighted by molar-refractivity contribution is -0.111. The summed E-state index contributed by atoms with van der Waals surface area (Å²) in [6.45, 7) is 3.48. The largest absolute Gasteiger partial charge is 0.486 e. The summed E-state index contributed by atoms with van der Waals surface area (Å²) in [5, 5.41) is 2.81. The SMILES string of the molecule is C=CC(=O)Nc1ccc2c(c1)C(Oc1cccc(SC)c1)CC2.